The monoisotopic (exact) mass is 457 g/mol. The van der Waals surface area contributed by atoms with Crippen LogP contribution in [0.25, 0.3) is 0 Å². The molecule has 1 saturated carbocycles. The van der Waals surface area contributed by atoms with Crippen molar-refractivity contribution in [1.29, 1.82) is 0 Å². The van der Waals surface area contributed by atoms with Gasteiger partial charge in [0, 0.05) is 39.6 Å². The highest BCUT2D eigenvalue weighted by molar-refractivity contribution is 8.00. The summed E-state index contributed by atoms with van der Waals surface area (Å²) in [5.41, 5.74) is 0.104. The first-order valence-electron chi connectivity index (χ1n) is 9.89. The standard InChI is InChI=1S/C22H23ClF3NO2S/c23-16-6-5-14(21(29)27-15-12-17(24)20(26)18(25)13-15)11-19(16)30-22(9-4-10-28)7-2-1-3-8-22/h5-6,11-13,28H,1-4,7-10H2,(H,27,29). The van der Waals surface area contributed by atoms with Crippen molar-refractivity contribution in [3.05, 3.63) is 58.4 Å². The maximum absolute atomic E-state index is 13.4. The molecular weight excluding hydrogens is 435 g/mol. The Morgan fingerprint density at radius 2 is 1.77 bits per heavy atom. The van der Waals surface area contributed by atoms with Crippen LogP contribution in [-0.4, -0.2) is 22.4 Å². The highest BCUT2D eigenvalue weighted by atomic mass is 35.5. The van der Waals surface area contributed by atoms with Crippen molar-refractivity contribution in [2.45, 2.75) is 54.6 Å². The van der Waals surface area contributed by atoms with Crippen LogP contribution in [0.15, 0.2) is 35.2 Å². The van der Waals surface area contributed by atoms with Gasteiger partial charge in [0.25, 0.3) is 5.91 Å². The normalized spacial score (nSPS) is 15.8. The van der Waals surface area contributed by atoms with E-state index in [0.29, 0.717) is 11.4 Å². The van der Waals surface area contributed by atoms with Gasteiger partial charge in [-0.1, -0.05) is 30.9 Å². The minimum atomic E-state index is -1.58. The van der Waals surface area contributed by atoms with E-state index in [1.807, 2.05) is 0 Å². The Labute approximate surface area is 183 Å². The number of aliphatic hydroxyl groups excluding tert-OH is 1. The molecule has 0 spiro atoms. The second kappa shape index (κ2) is 10.1. The van der Waals surface area contributed by atoms with Crippen LogP contribution in [0.1, 0.15) is 55.3 Å². The van der Waals surface area contributed by atoms with Gasteiger partial charge < -0.3 is 10.4 Å². The average molecular weight is 458 g/mol. The molecule has 0 atom stereocenters. The number of halogens is 4. The van der Waals surface area contributed by atoms with Gasteiger partial charge in [-0.15, -0.1) is 11.8 Å². The SMILES string of the molecule is O=C(Nc1cc(F)c(F)c(F)c1)c1ccc(Cl)c(SC2(CCCO)CCCCC2)c1. The number of rotatable bonds is 7. The lowest BCUT2D eigenvalue weighted by Crippen LogP contribution is -2.28. The van der Waals surface area contributed by atoms with Gasteiger partial charge in [0.15, 0.2) is 17.5 Å². The molecule has 0 aliphatic heterocycles. The number of carbonyl (C=O) groups excluding carboxylic acids is 1. The van der Waals surface area contributed by atoms with Crippen LogP contribution >= 0.6 is 23.4 Å². The molecule has 2 N–H and O–H groups in total. The van der Waals surface area contributed by atoms with E-state index in [-0.39, 0.29) is 22.6 Å². The number of amides is 1. The molecule has 2 aromatic rings. The minimum absolute atomic E-state index is 0.0388. The van der Waals surface area contributed by atoms with Crippen molar-refractivity contribution in [2.75, 3.05) is 11.9 Å². The molecule has 30 heavy (non-hydrogen) atoms. The highest BCUT2D eigenvalue weighted by Gasteiger charge is 2.33. The second-order valence-electron chi connectivity index (χ2n) is 7.53. The van der Waals surface area contributed by atoms with E-state index in [0.717, 1.165) is 49.1 Å². The molecule has 0 saturated heterocycles. The first-order chi connectivity index (χ1) is 14.3. The smallest absolute Gasteiger partial charge is 0.255 e. The van der Waals surface area contributed by atoms with Gasteiger partial charge in [-0.05, 0) is 43.9 Å². The van der Waals surface area contributed by atoms with Crippen molar-refractivity contribution in [2.24, 2.45) is 0 Å². The summed E-state index contributed by atoms with van der Waals surface area (Å²) in [6, 6.07) is 6.27. The number of hydrogen-bond acceptors (Lipinski definition) is 3. The van der Waals surface area contributed by atoms with Crippen LogP contribution in [0, 0.1) is 17.5 Å². The van der Waals surface area contributed by atoms with Gasteiger partial charge in [0.2, 0.25) is 0 Å². The summed E-state index contributed by atoms with van der Waals surface area (Å²) in [5, 5.41) is 12.2. The molecule has 1 aliphatic rings. The number of carbonyl (C=O) groups is 1. The van der Waals surface area contributed by atoms with E-state index in [1.54, 1.807) is 23.9 Å². The second-order valence-corrected chi connectivity index (χ2v) is 9.44. The fraction of sp³-hybridized carbons (Fsp3) is 0.409. The summed E-state index contributed by atoms with van der Waals surface area (Å²) in [6.07, 6.45) is 6.98. The fourth-order valence-corrected chi connectivity index (χ4v) is 5.58. The van der Waals surface area contributed by atoms with Crippen molar-refractivity contribution in [1.82, 2.24) is 0 Å². The molecule has 0 aromatic heterocycles. The Kier molecular flexibility index (Phi) is 7.71. The summed E-state index contributed by atoms with van der Waals surface area (Å²) in [7, 11) is 0. The van der Waals surface area contributed by atoms with Gasteiger partial charge in [0.05, 0.1) is 5.02 Å². The van der Waals surface area contributed by atoms with E-state index >= 15 is 0 Å². The molecule has 162 valence electrons. The van der Waals surface area contributed by atoms with Gasteiger partial charge in [-0.25, -0.2) is 13.2 Å². The number of thioether (sulfide) groups is 1. The molecule has 1 fully saturated rings. The first-order valence-corrected chi connectivity index (χ1v) is 11.1. The minimum Gasteiger partial charge on any atom is -0.396 e. The summed E-state index contributed by atoms with van der Waals surface area (Å²) < 4.78 is 39.9. The quantitative estimate of drug-likeness (QED) is 0.462. The lowest BCUT2D eigenvalue weighted by molar-refractivity contribution is 0.102. The van der Waals surface area contributed by atoms with Crippen molar-refractivity contribution < 1.29 is 23.1 Å². The Balaban J connectivity index is 1.81. The Bertz CT molecular complexity index is 896. The molecule has 1 aliphatic carbocycles. The zero-order chi connectivity index (χ0) is 21.7. The van der Waals surface area contributed by atoms with Crippen molar-refractivity contribution in [3.8, 4) is 0 Å². The Morgan fingerprint density at radius 1 is 1.10 bits per heavy atom. The lowest BCUT2D eigenvalue weighted by atomic mass is 9.85. The van der Waals surface area contributed by atoms with Crippen LogP contribution in [0.5, 0.6) is 0 Å². The van der Waals surface area contributed by atoms with Crippen LogP contribution < -0.4 is 5.32 Å². The highest BCUT2D eigenvalue weighted by Crippen LogP contribution is 2.48. The number of hydrogen-bond donors (Lipinski definition) is 2. The molecule has 3 rings (SSSR count). The first kappa shape index (κ1) is 23.0. The molecule has 1 amide bonds. The zero-order valence-corrected chi connectivity index (χ0v) is 17.9. The predicted octanol–water partition coefficient (Wildman–Crippen LogP) is 6.58. The van der Waals surface area contributed by atoms with Gasteiger partial charge in [-0.3, -0.25) is 4.79 Å². The van der Waals surface area contributed by atoms with Crippen LogP contribution in [0.4, 0.5) is 18.9 Å². The summed E-state index contributed by atoms with van der Waals surface area (Å²) >= 11 is 8.02. The maximum atomic E-state index is 13.4. The largest absolute Gasteiger partial charge is 0.396 e. The molecule has 2 aromatic carbocycles. The zero-order valence-electron chi connectivity index (χ0n) is 16.3. The Morgan fingerprint density at radius 3 is 2.40 bits per heavy atom. The number of aliphatic hydroxyl groups is 1. The Hall–Kier alpha value is -1.70. The molecule has 0 unspecified atom stereocenters. The maximum Gasteiger partial charge on any atom is 0.255 e. The number of benzene rings is 2. The predicted molar refractivity (Wildman–Crippen MR) is 114 cm³/mol. The third-order valence-electron chi connectivity index (χ3n) is 5.32. The van der Waals surface area contributed by atoms with E-state index in [1.165, 1.54) is 12.5 Å². The molecule has 3 nitrogen and oxygen atoms in total. The topological polar surface area (TPSA) is 49.3 Å². The van der Waals surface area contributed by atoms with Gasteiger partial charge in [0.1, 0.15) is 0 Å². The fourth-order valence-electron chi connectivity index (χ4n) is 3.79. The van der Waals surface area contributed by atoms with Crippen molar-refractivity contribution in [3.63, 3.8) is 0 Å². The molecule has 0 heterocycles. The van der Waals surface area contributed by atoms with Gasteiger partial charge >= 0.3 is 0 Å². The molecule has 0 radical (unpaired) electrons. The number of nitrogens with one attached hydrogen (secondary N) is 1. The summed E-state index contributed by atoms with van der Waals surface area (Å²) in [5.74, 6) is -4.91. The van der Waals surface area contributed by atoms with Crippen LogP contribution in [0.2, 0.25) is 5.02 Å². The van der Waals surface area contributed by atoms with E-state index in [9.17, 15) is 23.1 Å². The van der Waals surface area contributed by atoms with Crippen LogP contribution in [-0.2, 0) is 0 Å². The summed E-state index contributed by atoms with van der Waals surface area (Å²) in [6.45, 7) is 0.128. The molecular formula is C22H23ClF3NO2S. The van der Waals surface area contributed by atoms with E-state index in [2.05, 4.69) is 5.32 Å². The molecule has 8 heteroatoms. The average Bonchev–Trinajstić information content (AvgIpc) is 2.73. The molecule has 0 bridgehead atoms. The third-order valence-corrected chi connectivity index (χ3v) is 7.36. The van der Waals surface area contributed by atoms with Crippen LogP contribution in [0.3, 0.4) is 0 Å². The van der Waals surface area contributed by atoms with E-state index in [4.69, 9.17) is 11.6 Å². The van der Waals surface area contributed by atoms with E-state index < -0.39 is 23.4 Å². The summed E-state index contributed by atoms with van der Waals surface area (Å²) in [4.78, 5) is 13.3. The van der Waals surface area contributed by atoms with Crippen molar-refractivity contribution >= 4 is 35.0 Å². The number of anilines is 1. The van der Waals surface area contributed by atoms with Gasteiger partial charge in [-0.2, -0.15) is 0 Å². The third kappa shape index (κ3) is 5.50. The lowest BCUT2D eigenvalue weighted by Gasteiger charge is -2.37.